The molecule has 1 aliphatic heterocycles. The van der Waals surface area contributed by atoms with Crippen LogP contribution in [0, 0.1) is 0 Å². The third-order valence-corrected chi connectivity index (χ3v) is 4.93. The van der Waals surface area contributed by atoms with Crippen molar-refractivity contribution in [1.29, 1.82) is 0 Å². The molecule has 0 atom stereocenters. The lowest BCUT2D eigenvalue weighted by Crippen LogP contribution is -2.40. The largest absolute Gasteiger partial charge is 0.324 e. The van der Waals surface area contributed by atoms with Gasteiger partial charge in [-0.1, -0.05) is 19.3 Å². The zero-order valence-electron chi connectivity index (χ0n) is 14.7. The predicted octanol–water partition coefficient (Wildman–Crippen LogP) is 6.43. The van der Waals surface area contributed by atoms with Crippen molar-refractivity contribution in [3.63, 3.8) is 0 Å². The van der Waals surface area contributed by atoms with Gasteiger partial charge in [-0.2, -0.15) is 0 Å². The Morgan fingerprint density at radius 1 is 0.417 bits per heavy atom. The molecule has 144 valence electrons. The van der Waals surface area contributed by atoms with Crippen LogP contribution in [0.2, 0.25) is 0 Å². The molecule has 0 bridgehead atoms. The highest BCUT2D eigenvalue weighted by Gasteiger charge is 2.29. The Morgan fingerprint density at radius 3 is 0.958 bits per heavy atom. The van der Waals surface area contributed by atoms with Crippen molar-refractivity contribution in [3.05, 3.63) is 0 Å². The van der Waals surface area contributed by atoms with Gasteiger partial charge in [0, 0.05) is 17.6 Å². The summed E-state index contributed by atoms with van der Waals surface area (Å²) in [4.78, 5) is 0. The first-order valence-electron chi connectivity index (χ1n) is 9.44. The average Bonchev–Trinajstić information content (AvgIpc) is 2.59. The van der Waals surface area contributed by atoms with Gasteiger partial charge in [-0.3, -0.25) is 0 Å². The number of hydrogen-bond acceptors (Lipinski definition) is 3. The summed E-state index contributed by atoms with van der Waals surface area (Å²) in [5, 5.41) is 0. The van der Waals surface area contributed by atoms with E-state index in [0.717, 1.165) is 94.7 Å². The van der Waals surface area contributed by atoms with E-state index >= 15 is 0 Å². The van der Waals surface area contributed by atoms with E-state index < -0.39 is 0 Å². The number of unbranched alkanes of at least 4 members (excludes halogenated alkanes) is 6. The molecular weight excluding hydrogens is 371 g/mol. The van der Waals surface area contributed by atoms with Crippen LogP contribution in [-0.2, 0) is 14.2 Å². The lowest BCUT2D eigenvalue weighted by atomic mass is 10.1. The monoisotopic (exact) mass is 402 g/mol. The van der Waals surface area contributed by atoms with Crippen LogP contribution in [0.5, 0.6) is 0 Å². The number of ether oxygens (including phenoxy) is 3. The summed E-state index contributed by atoms with van der Waals surface area (Å²) in [7, 11) is 0. The van der Waals surface area contributed by atoms with Gasteiger partial charge in [0.25, 0.3) is 0 Å². The van der Waals surface area contributed by atoms with Crippen molar-refractivity contribution in [2.45, 2.75) is 95.9 Å². The summed E-state index contributed by atoms with van der Waals surface area (Å²) in [6.07, 6.45) is 12.0. The summed E-state index contributed by atoms with van der Waals surface area (Å²) >= 11 is 17.2. The molecule has 0 aromatic carbocycles. The van der Waals surface area contributed by atoms with E-state index in [1.165, 1.54) is 0 Å². The van der Waals surface area contributed by atoms with Crippen molar-refractivity contribution >= 4 is 34.8 Å². The summed E-state index contributed by atoms with van der Waals surface area (Å²) in [6, 6.07) is 0. The van der Waals surface area contributed by atoms with E-state index in [2.05, 4.69) is 0 Å². The van der Waals surface area contributed by atoms with Gasteiger partial charge in [0.15, 0.2) is 18.9 Å². The van der Waals surface area contributed by atoms with Gasteiger partial charge < -0.3 is 14.2 Å². The Balaban J connectivity index is 2.33. The van der Waals surface area contributed by atoms with Gasteiger partial charge in [-0.05, 0) is 57.8 Å². The molecular formula is C18H33Cl3O3. The topological polar surface area (TPSA) is 27.7 Å². The lowest BCUT2D eigenvalue weighted by Gasteiger charge is -2.36. The Morgan fingerprint density at radius 2 is 0.708 bits per heavy atom. The quantitative estimate of drug-likeness (QED) is 0.233. The van der Waals surface area contributed by atoms with E-state index in [0.29, 0.717) is 0 Å². The minimum absolute atomic E-state index is 0.148. The van der Waals surface area contributed by atoms with Gasteiger partial charge in [0.2, 0.25) is 0 Å². The Labute approximate surface area is 162 Å². The SMILES string of the molecule is ClCCCCCC1OC(CCCCCCl)OC(CCCCCCl)O1. The number of alkyl halides is 3. The molecule has 1 fully saturated rings. The second-order valence-corrected chi connectivity index (χ2v) is 7.45. The minimum atomic E-state index is -0.148. The van der Waals surface area contributed by atoms with Crippen LogP contribution in [0.1, 0.15) is 77.0 Å². The second kappa shape index (κ2) is 16.0. The maximum absolute atomic E-state index is 5.97. The van der Waals surface area contributed by atoms with Crippen LogP contribution in [0.3, 0.4) is 0 Å². The third-order valence-electron chi connectivity index (χ3n) is 4.13. The second-order valence-electron chi connectivity index (χ2n) is 6.31. The molecule has 0 aliphatic carbocycles. The molecule has 1 aliphatic rings. The Bertz CT molecular complexity index is 233. The number of rotatable bonds is 15. The first kappa shape index (κ1) is 22.8. The molecule has 0 radical (unpaired) electrons. The highest BCUT2D eigenvalue weighted by Crippen LogP contribution is 2.26. The van der Waals surface area contributed by atoms with Crippen LogP contribution in [0.15, 0.2) is 0 Å². The van der Waals surface area contributed by atoms with Gasteiger partial charge in [-0.25, -0.2) is 0 Å². The van der Waals surface area contributed by atoms with Crippen LogP contribution >= 0.6 is 34.8 Å². The van der Waals surface area contributed by atoms with Crippen molar-refractivity contribution < 1.29 is 14.2 Å². The Kier molecular flexibility index (Phi) is 15.2. The molecule has 24 heavy (non-hydrogen) atoms. The zero-order valence-corrected chi connectivity index (χ0v) is 17.0. The summed E-state index contributed by atoms with van der Waals surface area (Å²) in [6.45, 7) is 0. The van der Waals surface area contributed by atoms with Crippen molar-refractivity contribution in [2.75, 3.05) is 17.6 Å². The summed E-state index contributed by atoms with van der Waals surface area (Å²) in [5.41, 5.74) is 0. The molecule has 6 heteroatoms. The van der Waals surface area contributed by atoms with E-state index in [1.54, 1.807) is 0 Å². The van der Waals surface area contributed by atoms with Crippen LogP contribution in [-0.4, -0.2) is 36.5 Å². The first-order chi connectivity index (χ1) is 11.8. The van der Waals surface area contributed by atoms with E-state index in [1.807, 2.05) is 0 Å². The molecule has 0 spiro atoms. The molecule has 1 rings (SSSR count). The zero-order chi connectivity index (χ0) is 17.5. The van der Waals surface area contributed by atoms with Gasteiger partial charge in [0.1, 0.15) is 0 Å². The van der Waals surface area contributed by atoms with Gasteiger partial charge in [-0.15, -0.1) is 34.8 Å². The molecule has 0 aromatic heterocycles. The highest BCUT2D eigenvalue weighted by atomic mass is 35.5. The molecule has 0 amide bonds. The molecule has 1 saturated heterocycles. The van der Waals surface area contributed by atoms with Crippen molar-refractivity contribution in [3.8, 4) is 0 Å². The number of halogens is 3. The fraction of sp³-hybridized carbons (Fsp3) is 1.00. The smallest absolute Gasteiger partial charge is 0.163 e. The molecule has 0 aromatic rings. The normalized spacial score (nSPS) is 24.4. The first-order valence-corrected chi connectivity index (χ1v) is 11.0. The lowest BCUT2D eigenvalue weighted by molar-refractivity contribution is -0.386. The van der Waals surface area contributed by atoms with Gasteiger partial charge in [0.05, 0.1) is 0 Å². The molecule has 1 heterocycles. The average molecular weight is 404 g/mol. The van der Waals surface area contributed by atoms with Crippen LogP contribution in [0.25, 0.3) is 0 Å². The fourth-order valence-electron chi connectivity index (χ4n) is 2.76. The summed E-state index contributed by atoms with van der Waals surface area (Å²) < 4.78 is 17.9. The third kappa shape index (κ3) is 11.4. The number of hydrogen-bond donors (Lipinski definition) is 0. The predicted molar refractivity (Wildman–Crippen MR) is 102 cm³/mol. The highest BCUT2D eigenvalue weighted by molar-refractivity contribution is 6.18. The van der Waals surface area contributed by atoms with E-state index in [4.69, 9.17) is 49.0 Å². The standard InChI is InChI=1S/C18H33Cl3O3/c19-13-7-1-4-10-16-22-17(11-5-2-8-14-20)24-18(23-16)12-6-3-9-15-21/h16-18H,1-15H2. The molecule has 0 saturated carbocycles. The maximum Gasteiger partial charge on any atom is 0.163 e. The fourth-order valence-corrected chi connectivity index (χ4v) is 3.33. The van der Waals surface area contributed by atoms with Crippen molar-refractivity contribution in [2.24, 2.45) is 0 Å². The maximum atomic E-state index is 5.97. The van der Waals surface area contributed by atoms with Crippen LogP contribution in [0.4, 0.5) is 0 Å². The molecule has 0 N–H and O–H groups in total. The van der Waals surface area contributed by atoms with Gasteiger partial charge >= 0.3 is 0 Å². The molecule has 3 nitrogen and oxygen atoms in total. The van der Waals surface area contributed by atoms with E-state index in [-0.39, 0.29) is 18.9 Å². The van der Waals surface area contributed by atoms with Crippen LogP contribution < -0.4 is 0 Å². The Hall–Kier alpha value is 0.750. The minimum Gasteiger partial charge on any atom is -0.324 e. The van der Waals surface area contributed by atoms with E-state index in [9.17, 15) is 0 Å². The molecule has 0 unspecified atom stereocenters. The van der Waals surface area contributed by atoms with Crippen molar-refractivity contribution in [1.82, 2.24) is 0 Å². The summed E-state index contributed by atoms with van der Waals surface area (Å²) in [5.74, 6) is 2.17.